The molecule has 0 aliphatic heterocycles. The van der Waals surface area contributed by atoms with Crippen LogP contribution >= 0.6 is 0 Å². The van der Waals surface area contributed by atoms with E-state index in [2.05, 4.69) is 16.9 Å². The molecule has 46 valence electrons. The normalized spacial score (nSPS) is 11.0. The van der Waals surface area contributed by atoms with Gasteiger partial charge in [-0.05, 0) is 6.92 Å². The maximum Gasteiger partial charge on any atom is 0.141 e. The zero-order valence-corrected chi connectivity index (χ0v) is 5.13. The van der Waals surface area contributed by atoms with Crippen LogP contribution < -0.4 is 5.84 Å². The molecule has 0 aliphatic rings. The molecule has 0 aromatic carbocycles. The average Bonchev–Trinajstić information content (AvgIpc) is 1.84. The van der Waals surface area contributed by atoms with Crippen molar-refractivity contribution in [2.24, 2.45) is 16.0 Å². The minimum Gasteiger partial charge on any atom is -0.322 e. The second-order valence-electron chi connectivity index (χ2n) is 1.34. The van der Waals surface area contributed by atoms with Gasteiger partial charge in [-0.25, -0.2) is 0 Å². The third-order valence-corrected chi connectivity index (χ3v) is 0.867. The number of nitrogens with zero attached hydrogens (tertiary/aromatic N) is 3. The lowest BCUT2D eigenvalue weighted by molar-refractivity contribution is 0.543. The van der Waals surface area contributed by atoms with Crippen LogP contribution in [0.1, 0.15) is 6.92 Å². The van der Waals surface area contributed by atoms with Gasteiger partial charge in [-0.3, -0.25) is 5.01 Å². The lowest BCUT2D eigenvalue weighted by Gasteiger charge is -2.07. The van der Waals surface area contributed by atoms with E-state index >= 15 is 0 Å². The maximum atomic E-state index is 4.91. The fourth-order valence-electron chi connectivity index (χ4n) is 0.186. The molecule has 0 radical (unpaired) electrons. The SMILES string of the molecule is C=NN(C)/C(C)=N\N. The van der Waals surface area contributed by atoms with E-state index in [-0.39, 0.29) is 0 Å². The van der Waals surface area contributed by atoms with Crippen molar-refractivity contribution in [2.45, 2.75) is 6.92 Å². The Morgan fingerprint density at radius 3 is 2.38 bits per heavy atom. The van der Waals surface area contributed by atoms with Crippen LogP contribution in [0.25, 0.3) is 0 Å². The monoisotopic (exact) mass is 114 g/mol. The van der Waals surface area contributed by atoms with Crippen LogP contribution in [-0.2, 0) is 0 Å². The summed E-state index contributed by atoms with van der Waals surface area (Å²) in [7, 11) is 1.72. The van der Waals surface area contributed by atoms with E-state index in [1.807, 2.05) is 0 Å². The fourth-order valence-corrected chi connectivity index (χ4v) is 0.186. The van der Waals surface area contributed by atoms with Gasteiger partial charge in [0.25, 0.3) is 0 Å². The highest BCUT2D eigenvalue weighted by molar-refractivity contribution is 5.78. The summed E-state index contributed by atoms with van der Waals surface area (Å²) in [4.78, 5) is 0. The predicted molar refractivity (Wildman–Crippen MR) is 34.6 cm³/mol. The van der Waals surface area contributed by atoms with Crippen LogP contribution in [-0.4, -0.2) is 24.6 Å². The minimum atomic E-state index is 0.639. The Kier molecular flexibility index (Phi) is 2.61. The molecule has 0 spiro atoms. The number of hydrogen-bond donors (Lipinski definition) is 1. The molecule has 0 aromatic rings. The first kappa shape index (κ1) is 6.94. The van der Waals surface area contributed by atoms with Crippen LogP contribution in [0.3, 0.4) is 0 Å². The van der Waals surface area contributed by atoms with Crippen molar-refractivity contribution >= 4 is 12.6 Å². The molecule has 0 rings (SSSR count). The van der Waals surface area contributed by atoms with E-state index < -0.39 is 0 Å². The van der Waals surface area contributed by atoms with Gasteiger partial charge in [-0.15, -0.1) is 0 Å². The lowest BCUT2D eigenvalue weighted by Crippen LogP contribution is -2.18. The quantitative estimate of drug-likeness (QED) is 0.222. The molecule has 0 heterocycles. The minimum absolute atomic E-state index is 0.639. The van der Waals surface area contributed by atoms with Crippen molar-refractivity contribution < 1.29 is 0 Å². The van der Waals surface area contributed by atoms with Gasteiger partial charge in [0.05, 0.1) is 0 Å². The Hall–Kier alpha value is -1.06. The first-order chi connectivity index (χ1) is 3.72. The van der Waals surface area contributed by atoms with Crippen molar-refractivity contribution in [3.63, 3.8) is 0 Å². The molecule has 0 amide bonds. The largest absolute Gasteiger partial charge is 0.322 e. The number of nitrogens with two attached hydrogens (primary N) is 1. The Balaban J connectivity index is 3.81. The summed E-state index contributed by atoms with van der Waals surface area (Å²) in [5, 5.41) is 8.39. The third-order valence-electron chi connectivity index (χ3n) is 0.867. The molecule has 2 N–H and O–H groups in total. The zero-order chi connectivity index (χ0) is 6.57. The van der Waals surface area contributed by atoms with Crippen LogP contribution in [0.15, 0.2) is 10.2 Å². The number of hydrazone groups is 2. The van der Waals surface area contributed by atoms with Crippen LogP contribution in [0.4, 0.5) is 0 Å². The van der Waals surface area contributed by atoms with E-state index in [4.69, 9.17) is 5.84 Å². The molecule has 4 nitrogen and oxygen atoms in total. The Labute approximate surface area is 48.7 Å². The summed E-state index contributed by atoms with van der Waals surface area (Å²) < 4.78 is 0. The topological polar surface area (TPSA) is 54.0 Å². The summed E-state index contributed by atoms with van der Waals surface area (Å²) in [5.41, 5.74) is 0. The van der Waals surface area contributed by atoms with Crippen LogP contribution in [0.2, 0.25) is 0 Å². The highest BCUT2D eigenvalue weighted by atomic mass is 15.5. The van der Waals surface area contributed by atoms with Crippen molar-refractivity contribution in [3.05, 3.63) is 0 Å². The van der Waals surface area contributed by atoms with E-state index in [9.17, 15) is 0 Å². The molecule has 0 bridgehead atoms. The smallest absolute Gasteiger partial charge is 0.141 e. The van der Waals surface area contributed by atoms with Gasteiger partial charge in [0.15, 0.2) is 0 Å². The number of hydrogen-bond acceptors (Lipinski definition) is 3. The molecule has 8 heavy (non-hydrogen) atoms. The van der Waals surface area contributed by atoms with Gasteiger partial charge in [-0.1, -0.05) is 0 Å². The molecule has 4 heteroatoms. The van der Waals surface area contributed by atoms with Crippen molar-refractivity contribution in [1.29, 1.82) is 0 Å². The Morgan fingerprint density at radius 1 is 1.75 bits per heavy atom. The lowest BCUT2D eigenvalue weighted by atomic mass is 10.7. The molecule has 0 atom stereocenters. The summed E-state index contributed by atoms with van der Waals surface area (Å²) in [6.45, 7) is 5.01. The number of rotatable bonds is 1. The summed E-state index contributed by atoms with van der Waals surface area (Å²) in [6, 6.07) is 0. The summed E-state index contributed by atoms with van der Waals surface area (Å²) in [6.07, 6.45) is 0. The van der Waals surface area contributed by atoms with Crippen molar-refractivity contribution in [3.8, 4) is 0 Å². The van der Waals surface area contributed by atoms with E-state index in [0.717, 1.165) is 0 Å². The van der Waals surface area contributed by atoms with Gasteiger partial charge >= 0.3 is 0 Å². The molecular formula is C4H10N4. The van der Waals surface area contributed by atoms with E-state index in [1.165, 1.54) is 5.01 Å². The van der Waals surface area contributed by atoms with E-state index in [1.54, 1.807) is 14.0 Å². The van der Waals surface area contributed by atoms with Gasteiger partial charge in [-0.2, -0.15) is 10.2 Å². The van der Waals surface area contributed by atoms with E-state index in [0.29, 0.717) is 5.84 Å². The second-order valence-corrected chi connectivity index (χ2v) is 1.34. The highest BCUT2D eigenvalue weighted by Gasteiger charge is 1.91. The molecule has 0 aromatic heterocycles. The summed E-state index contributed by atoms with van der Waals surface area (Å²) >= 11 is 0. The van der Waals surface area contributed by atoms with Gasteiger partial charge in [0, 0.05) is 13.8 Å². The molecule has 0 unspecified atom stereocenters. The van der Waals surface area contributed by atoms with Crippen molar-refractivity contribution in [2.75, 3.05) is 7.05 Å². The first-order valence-corrected chi connectivity index (χ1v) is 2.17. The van der Waals surface area contributed by atoms with Crippen LogP contribution in [0, 0.1) is 0 Å². The molecule has 0 aliphatic carbocycles. The predicted octanol–water partition coefficient (Wildman–Crippen LogP) is -0.174. The molecule has 0 saturated carbocycles. The third kappa shape index (κ3) is 1.59. The molecular weight excluding hydrogens is 104 g/mol. The number of amidine groups is 1. The van der Waals surface area contributed by atoms with Crippen LogP contribution in [0.5, 0.6) is 0 Å². The zero-order valence-electron chi connectivity index (χ0n) is 5.13. The average molecular weight is 114 g/mol. The standard InChI is InChI=1S/C4H10N4/c1-4(7-5)8(3)6-2/h2,5H2,1,3H3/b7-4-. The van der Waals surface area contributed by atoms with Crippen molar-refractivity contribution in [1.82, 2.24) is 5.01 Å². The first-order valence-electron chi connectivity index (χ1n) is 2.17. The molecule has 0 saturated heterocycles. The highest BCUT2D eigenvalue weighted by Crippen LogP contribution is 1.81. The van der Waals surface area contributed by atoms with Gasteiger partial charge in [0.2, 0.25) is 0 Å². The summed E-state index contributed by atoms with van der Waals surface area (Å²) in [5.74, 6) is 5.55. The Bertz CT molecular complexity index is 107. The van der Waals surface area contributed by atoms with Gasteiger partial charge in [0.1, 0.15) is 5.84 Å². The Morgan fingerprint density at radius 2 is 2.25 bits per heavy atom. The van der Waals surface area contributed by atoms with Gasteiger partial charge < -0.3 is 5.84 Å². The molecule has 0 fully saturated rings. The second kappa shape index (κ2) is 3.01. The fraction of sp³-hybridized carbons (Fsp3) is 0.500. The maximum absolute atomic E-state index is 4.91.